The number of pyridine rings is 1. The Bertz CT molecular complexity index is 1080. The molecule has 0 amide bonds. The van der Waals surface area contributed by atoms with Crippen molar-refractivity contribution in [2.75, 3.05) is 13.1 Å². The first-order chi connectivity index (χ1) is 13.4. The Balaban J connectivity index is 1.59. The highest BCUT2D eigenvalue weighted by atomic mass is 35.5. The van der Waals surface area contributed by atoms with Crippen molar-refractivity contribution < 1.29 is 8.42 Å². The summed E-state index contributed by atoms with van der Waals surface area (Å²) in [5.74, 6) is 1.52. The van der Waals surface area contributed by atoms with E-state index < -0.39 is 10.0 Å². The maximum atomic E-state index is 12.9. The molecule has 1 fully saturated rings. The first-order valence-electron chi connectivity index (χ1n) is 9.43. The second-order valence-corrected chi connectivity index (χ2v) is 11.4. The fourth-order valence-corrected chi connectivity index (χ4v) is 6.88. The molecule has 0 aliphatic carbocycles. The zero-order valence-electron chi connectivity index (χ0n) is 15.9. The number of halogens is 1. The lowest BCUT2D eigenvalue weighted by molar-refractivity contribution is 0.272. The average Bonchev–Trinajstić information content (AvgIpc) is 3.25. The first-order valence-corrected chi connectivity index (χ1v) is 12.1. The van der Waals surface area contributed by atoms with Gasteiger partial charge in [-0.2, -0.15) is 4.31 Å². The third kappa shape index (κ3) is 3.70. The fourth-order valence-electron chi connectivity index (χ4n) is 3.77. The van der Waals surface area contributed by atoms with Crippen LogP contribution in [0.5, 0.6) is 0 Å². The molecule has 3 aromatic heterocycles. The summed E-state index contributed by atoms with van der Waals surface area (Å²) in [7, 11) is -3.48. The number of hydrogen-bond acceptors (Lipinski definition) is 5. The van der Waals surface area contributed by atoms with E-state index in [1.54, 1.807) is 22.6 Å². The van der Waals surface area contributed by atoms with E-state index in [9.17, 15) is 8.42 Å². The third-order valence-electron chi connectivity index (χ3n) is 5.04. The van der Waals surface area contributed by atoms with E-state index in [1.165, 1.54) is 0 Å². The van der Waals surface area contributed by atoms with Crippen LogP contribution in [-0.4, -0.2) is 40.3 Å². The molecule has 0 saturated carbocycles. The van der Waals surface area contributed by atoms with Crippen LogP contribution >= 0.6 is 22.9 Å². The lowest BCUT2D eigenvalue weighted by Gasteiger charge is -2.32. The van der Waals surface area contributed by atoms with Crippen LogP contribution in [0, 0.1) is 5.92 Å². The average molecular weight is 439 g/mol. The minimum atomic E-state index is -3.48. The summed E-state index contributed by atoms with van der Waals surface area (Å²) in [5, 5.41) is 0. The molecule has 1 aliphatic heterocycles. The zero-order chi connectivity index (χ0) is 19.9. The number of sulfonamides is 1. The minimum Gasteiger partial charge on any atom is -0.309 e. The Hall–Kier alpha value is -1.48. The molecule has 4 rings (SSSR count). The molecule has 3 aromatic rings. The Labute approximate surface area is 174 Å². The van der Waals surface area contributed by atoms with Crippen LogP contribution in [0.25, 0.3) is 11.2 Å². The van der Waals surface area contributed by atoms with Gasteiger partial charge in [0.1, 0.15) is 15.6 Å². The molecular weight excluding hydrogens is 416 g/mol. The van der Waals surface area contributed by atoms with Crippen LogP contribution in [-0.2, 0) is 16.4 Å². The molecule has 0 radical (unpaired) electrons. The largest absolute Gasteiger partial charge is 0.309 e. The maximum Gasteiger partial charge on any atom is 0.252 e. The van der Waals surface area contributed by atoms with Gasteiger partial charge in [0.25, 0.3) is 10.0 Å². The topological polar surface area (TPSA) is 68.1 Å². The van der Waals surface area contributed by atoms with Gasteiger partial charge in [-0.1, -0.05) is 25.4 Å². The molecule has 0 bridgehead atoms. The SMILES string of the molecule is CC(C)Cc1nc2cccnc2n1C1CCN(S(=O)(=O)c2ccc(Cl)s2)CC1. The smallest absolute Gasteiger partial charge is 0.252 e. The highest BCUT2D eigenvalue weighted by molar-refractivity contribution is 7.91. The Kier molecular flexibility index (Phi) is 5.48. The predicted octanol–water partition coefficient (Wildman–Crippen LogP) is 4.37. The quantitative estimate of drug-likeness (QED) is 0.593. The second-order valence-electron chi connectivity index (χ2n) is 7.54. The van der Waals surface area contributed by atoms with Crippen molar-refractivity contribution in [3.05, 3.63) is 40.6 Å². The van der Waals surface area contributed by atoms with E-state index in [-0.39, 0.29) is 6.04 Å². The van der Waals surface area contributed by atoms with Crippen LogP contribution in [0.3, 0.4) is 0 Å². The molecule has 0 unspecified atom stereocenters. The maximum absolute atomic E-state index is 12.9. The number of piperidine rings is 1. The van der Waals surface area contributed by atoms with Gasteiger partial charge in [-0.15, -0.1) is 11.3 Å². The van der Waals surface area contributed by atoms with Crippen LogP contribution in [0.2, 0.25) is 4.34 Å². The van der Waals surface area contributed by atoms with Crippen molar-refractivity contribution in [2.24, 2.45) is 5.92 Å². The number of hydrogen-bond donors (Lipinski definition) is 0. The van der Waals surface area contributed by atoms with Crippen molar-refractivity contribution in [1.29, 1.82) is 0 Å². The van der Waals surface area contributed by atoms with Crippen molar-refractivity contribution in [2.45, 2.75) is 43.4 Å². The highest BCUT2D eigenvalue weighted by Crippen LogP contribution is 2.33. The van der Waals surface area contributed by atoms with Crippen molar-refractivity contribution >= 4 is 44.1 Å². The van der Waals surface area contributed by atoms with E-state index in [0.717, 1.165) is 47.6 Å². The fraction of sp³-hybridized carbons (Fsp3) is 0.474. The molecule has 0 N–H and O–H groups in total. The second kappa shape index (κ2) is 7.74. The zero-order valence-corrected chi connectivity index (χ0v) is 18.3. The van der Waals surface area contributed by atoms with E-state index in [0.29, 0.717) is 27.6 Å². The number of rotatable bonds is 5. The minimum absolute atomic E-state index is 0.201. The number of aromatic nitrogens is 3. The third-order valence-corrected chi connectivity index (χ3v) is 8.64. The molecular formula is C19H23ClN4O2S2. The van der Waals surface area contributed by atoms with E-state index in [4.69, 9.17) is 16.6 Å². The van der Waals surface area contributed by atoms with Crippen molar-refractivity contribution in [1.82, 2.24) is 18.8 Å². The number of thiophene rings is 1. The summed E-state index contributed by atoms with van der Waals surface area (Å²) in [6, 6.07) is 7.31. The van der Waals surface area contributed by atoms with Crippen LogP contribution in [0.4, 0.5) is 0 Å². The first kappa shape index (κ1) is 19.8. The molecule has 0 spiro atoms. The Morgan fingerprint density at radius 1 is 1.25 bits per heavy atom. The standard InChI is InChI=1S/C19H23ClN4O2S2/c1-13(2)12-17-22-15-4-3-9-21-19(15)24(17)14-7-10-23(11-8-14)28(25,26)18-6-5-16(20)27-18/h3-6,9,13-14H,7-8,10-12H2,1-2H3. The normalized spacial score (nSPS) is 17.0. The van der Waals surface area contributed by atoms with Gasteiger partial charge in [0, 0.05) is 31.7 Å². The number of nitrogens with zero attached hydrogens (tertiary/aromatic N) is 4. The molecule has 0 atom stereocenters. The van der Waals surface area contributed by atoms with Gasteiger partial charge in [-0.25, -0.2) is 18.4 Å². The van der Waals surface area contributed by atoms with E-state index >= 15 is 0 Å². The van der Waals surface area contributed by atoms with E-state index in [2.05, 4.69) is 23.4 Å². The van der Waals surface area contributed by atoms with E-state index in [1.807, 2.05) is 12.1 Å². The molecule has 0 aromatic carbocycles. The Morgan fingerprint density at radius 3 is 2.64 bits per heavy atom. The summed E-state index contributed by atoms with van der Waals surface area (Å²) >= 11 is 7.04. The lowest BCUT2D eigenvalue weighted by Crippen LogP contribution is -2.39. The molecule has 150 valence electrons. The van der Waals surface area contributed by atoms with Gasteiger partial charge in [0.05, 0.1) is 4.34 Å². The highest BCUT2D eigenvalue weighted by Gasteiger charge is 2.32. The molecule has 1 aliphatic rings. The lowest BCUT2D eigenvalue weighted by atomic mass is 10.1. The monoisotopic (exact) mass is 438 g/mol. The molecule has 9 heteroatoms. The predicted molar refractivity (Wildman–Crippen MR) is 112 cm³/mol. The van der Waals surface area contributed by atoms with Gasteiger partial charge in [0.2, 0.25) is 0 Å². The van der Waals surface area contributed by atoms with Crippen molar-refractivity contribution in [3.63, 3.8) is 0 Å². The summed E-state index contributed by atoms with van der Waals surface area (Å²) in [4.78, 5) is 9.36. The number of fused-ring (bicyclic) bond motifs is 1. The van der Waals surface area contributed by atoms with Crippen molar-refractivity contribution in [3.8, 4) is 0 Å². The molecule has 28 heavy (non-hydrogen) atoms. The summed E-state index contributed by atoms with van der Waals surface area (Å²) < 4.78 is 30.3. The summed E-state index contributed by atoms with van der Waals surface area (Å²) in [6.07, 6.45) is 4.15. The van der Waals surface area contributed by atoms with Gasteiger partial charge in [0.15, 0.2) is 5.65 Å². The van der Waals surface area contributed by atoms with Crippen LogP contribution < -0.4 is 0 Å². The van der Waals surface area contributed by atoms with Crippen LogP contribution in [0.15, 0.2) is 34.7 Å². The molecule has 4 heterocycles. The van der Waals surface area contributed by atoms with Gasteiger partial charge in [-0.3, -0.25) is 0 Å². The van der Waals surface area contributed by atoms with Crippen LogP contribution in [0.1, 0.15) is 38.6 Å². The summed E-state index contributed by atoms with van der Waals surface area (Å²) in [5.41, 5.74) is 1.80. The number of imidazole rings is 1. The summed E-state index contributed by atoms with van der Waals surface area (Å²) in [6.45, 7) is 5.32. The Morgan fingerprint density at radius 2 is 2.00 bits per heavy atom. The van der Waals surface area contributed by atoms with Gasteiger partial charge in [-0.05, 0) is 43.0 Å². The van der Waals surface area contributed by atoms with Gasteiger partial charge >= 0.3 is 0 Å². The van der Waals surface area contributed by atoms with Gasteiger partial charge < -0.3 is 4.57 Å². The molecule has 6 nitrogen and oxygen atoms in total. The molecule has 1 saturated heterocycles.